The van der Waals surface area contributed by atoms with E-state index in [1.165, 1.54) is 17.2 Å². The van der Waals surface area contributed by atoms with Crippen LogP contribution in [-0.4, -0.2) is 13.6 Å². The minimum absolute atomic E-state index is 0.176. The standard InChI is InChI=1S/C18H21ClFN/c1-13-4-3-5-14(8-13)9-15(12-21-2)10-16-11-17(19)6-7-18(16)20/h3-8,11,15,21H,9-10,12H2,1-2H3. The molecule has 0 amide bonds. The Labute approximate surface area is 131 Å². The van der Waals surface area contributed by atoms with Gasteiger partial charge in [-0.25, -0.2) is 4.39 Å². The molecule has 0 spiro atoms. The summed E-state index contributed by atoms with van der Waals surface area (Å²) >= 11 is 5.98. The van der Waals surface area contributed by atoms with E-state index in [9.17, 15) is 4.39 Å². The summed E-state index contributed by atoms with van der Waals surface area (Å²) in [5, 5.41) is 3.79. The van der Waals surface area contributed by atoms with E-state index in [4.69, 9.17) is 11.6 Å². The molecule has 2 aromatic rings. The van der Waals surface area contributed by atoms with E-state index in [-0.39, 0.29) is 5.82 Å². The SMILES string of the molecule is CNCC(Cc1cccc(C)c1)Cc1cc(Cl)ccc1F. The fourth-order valence-corrected chi connectivity index (χ4v) is 2.88. The molecule has 2 rings (SSSR count). The minimum Gasteiger partial charge on any atom is -0.319 e. The highest BCUT2D eigenvalue weighted by molar-refractivity contribution is 6.30. The van der Waals surface area contributed by atoms with Crippen molar-refractivity contribution in [2.75, 3.05) is 13.6 Å². The van der Waals surface area contributed by atoms with Crippen LogP contribution in [0.15, 0.2) is 42.5 Å². The summed E-state index contributed by atoms with van der Waals surface area (Å²) in [7, 11) is 1.93. The molecule has 0 aromatic heterocycles. The van der Waals surface area contributed by atoms with Gasteiger partial charge in [0.1, 0.15) is 5.82 Å². The quantitative estimate of drug-likeness (QED) is 0.833. The van der Waals surface area contributed by atoms with Gasteiger partial charge < -0.3 is 5.32 Å². The number of rotatable bonds is 6. The van der Waals surface area contributed by atoms with Crippen molar-refractivity contribution < 1.29 is 4.39 Å². The number of hydrogen-bond donors (Lipinski definition) is 1. The van der Waals surface area contributed by atoms with Crippen LogP contribution < -0.4 is 5.32 Å². The van der Waals surface area contributed by atoms with E-state index in [2.05, 4.69) is 36.5 Å². The number of halogens is 2. The van der Waals surface area contributed by atoms with Crippen LogP contribution in [0, 0.1) is 18.7 Å². The number of aryl methyl sites for hydroxylation is 1. The maximum Gasteiger partial charge on any atom is 0.126 e. The molecule has 3 heteroatoms. The normalized spacial score (nSPS) is 12.4. The Morgan fingerprint density at radius 1 is 1.14 bits per heavy atom. The molecule has 0 saturated carbocycles. The molecular weight excluding hydrogens is 285 g/mol. The fraction of sp³-hybridized carbons (Fsp3) is 0.333. The Kier molecular flexibility index (Phi) is 5.77. The summed E-state index contributed by atoms with van der Waals surface area (Å²) in [6, 6.07) is 13.2. The van der Waals surface area contributed by atoms with Gasteiger partial charge in [-0.15, -0.1) is 0 Å². The zero-order valence-corrected chi connectivity index (χ0v) is 13.3. The molecule has 1 atom stereocenters. The van der Waals surface area contributed by atoms with Crippen LogP contribution in [-0.2, 0) is 12.8 Å². The van der Waals surface area contributed by atoms with E-state index in [0.717, 1.165) is 13.0 Å². The highest BCUT2D eigenvalue weighted by atomic mass is 35.5. The van der Waals surface area contributed by atoms with Gasteiger partial charge in [0.15, 0.2) is 0 Å². The second-order valence-electron chi connectivity index (χ2n) is 5.56. The van der Waals surface area contributed by atoms with Gasteiger partial charge >= 0.3 is 0 Å². The topological polar surface area (TPSA) is 12.0 Å². The molecule has 21 heavy (non-hydrogen) atoms. The van der Waals surface area contributed by atoms with Gasteiger partial charge in [-0.05, 0) is 68.6 Å². The third kappa shape index (κ3) is 4.83. The molecule has 112 valence electrons. The summed E-state index contributed by atoms with van der Waals surface area (Å²) in [6.07, 6.45) is 1.61. The van der Waals surface area contributed by atoms with Crippen molar-refractivity contribution in [2.45, 2.75) is 19.8 Å². The molecule has 0 bridgehead atoms. The van der Waals surface area contributed by atoms with Crippen LogP contribution >= 0.6 is 11.6 Å². The first-order valence-corrected chi connectivity index (χ1v) is 7.60. The molecule has 1 unspecified atom stereocenters. The Morgan fingerprint density at radius 3 is 2.67 bits per heavy atom. The first-order valence-electron chi connectivity index (χ1n) is 7.22. The molecule has 0 radical (unpaired) electrons. The van der Waals surface area contributed by atoms with Crippen LogP contribution in [0.25, 0.3) is 0 Å². The van der Waals surface area contributed by atoms with E-state index < -0.39 is 0 Å². The monoisotopic (exact) mass is 305 g/mol. The summed E-state index contributed by atoms with van der Waals surface area (Å²) in [4.78, 5) is 0. The lowest BCUT2D eigenvalue weighted by Gasteiger charge is -2.17. The smallest absolute Gasteiger partial charge is 0.126 e. The lowest BCUT2D eigenvalue weighted by atomic mass is 9.91. The predicted molar refractivity (Wildman–Crippen MR) is 87.4 cm³/mol. The van der Waals surface area contributed by atoms with Crippen molar-refractivity contribution >= 4 is 11.6 Å². The predicted octanol–water partition coefficient (Wildman–Crippen LogP) is 4.41. The summed E-state index contributed by atoms with van der Waals surface area (Å²) in [6.45, 7) is 2.94. The third-order valence-corrected chi connectivity index (χ3v) is 3.85. The summed E-state index contributed by atoms with van der Waals surface area (Å²) in [5.74, 6) is 0.162. The fourth-order valence-electron chi connectivity index (χ4n) is 2.69. The lowest BCUT2D eigenvalue weighted by molar-refractivity contribution is 0.480. The molecule has 1 N–H and O–H groups in total. The van der Waals surface area contributed by atoms with E-state index in [0.29, 0.717) is 22.9 Å². The van der Waals surface area contributed by atoms with E-state index >= 15 is 0 Å². The second kappa shape index (κ2) is 7.58. The van der Waals surface area contributed by atoms with Gasteiger partial charge in [-0.1, -0.05) is 41.4 Å². The van der Waals surface area contributed by atoms with Crippen molar-refractivity contribution in [2.24, 2.45) is 5.92 Å². The van der Waals surface area contributed by atoms with Crippen LogP contribution in [0.1, 0.15) is 16.7 Å². The summed E-state index contributed by atoms with van der Waals surface area (Å²) < 4.78 is 13.9. The second-order valence-corrected chi connectivity index (χ2v) is 5.99. The number of nitrogens with one attached hydrogen (secondary N) is 1. The molecule has 0 saturated heterocycles. The van der Waals surface area contributed by atoms with Crippen molar-refractivity contribution in [1.29, 1.82) is 0 Å². The molecule has 0 aliphatic heterocycles. The van der Waals surface area contributed by atoms with Crippen molar-refractivity contribution in [1.82, 2.24) is 5.32 Å². The first-order chi connectivity index (χ1) is 10.1. The van der Waals surface area contributed by atoms with Crippen molar-refractivity contribution in [3.8, 4) is 0 Å². The Bertz CT molecular complexity index is 598. The Balaban J connectivity index is 2.13. The molecule has 0 fully saturated rings. The maximum absolute atomic E-state index is 13.9. The number of benzene rings is 2. The Morgan fingerprint density at radius 2 is 1.95 bits per heavy atom. The molecular formula is C18H21ClFN. The van der Waals surface area contributed by atoms with Gasteiger partial charge in [0, 0.05) is 5.02 Å². The average Bonchev–Trinajstić information content (AvgIpc) is 2.43. The molecule has 0 heterocycles. The lowest BCUT2D eigenvalue weighted by Crippen LogP contribution is -2.23. The largest absolute Gasteiger partial charge is 0.319 e. The van der Waals surface area contributed by atoms with Crippen molar-refractivity contribution in [3.63, 3.8) is 0 Å². The minimum atomic E-state index is -0.176. The van der Waals surface area contributed by atoms with Gasteiger partial charge in [-0.2, -0.15) is 0 Å². The first kappa shape index (κ1) is 16.0. The summed E-state index contributed by atoms with van der Waals surface area (Å²) in [5.41, 5.74) is 3.23. The maximum atomic E-state index is 13.9. The van der Waals surface area contributed by atoms with Crippen LogP contribution in [0.5, 0.6) is 0 Å². The van der Waals surface area contributed by atoms with Gasteiger partial charge in [-0.3, -0.25) is 0 Å². The zero-order chi connectivity index (χ0) is 15.2. The molecule has 0 aliphatic carbocycles. The van der Waals surface area contributed by atoms with Crippen LogP contribution in [0.4, 0.5) is 4.39 Å². The number of hydrogen-bond acceptors (Lipinski definition) is 1. The van der Waals surface area contributed by atoms with Gasteiger partial charge in [0.05, 0.1) is 0 Å². The van der Waals surface area contributed by atoms with Crippen molar-refractivity contribution in [3.05, 3.63) is 70.0 Å². The highest BCUT2D eigenvalue weighted by Gasteiger charge is 2.13. The van der Waals surface area contributed by atoms with Gasteiger partial charge in [0.25, 0.3) is 0 Å². The van der Waals surface area contributed by atoms with E-state index in [1.807, 2.05) is 7.05 Å². The van der Waals surface area contributed by atoms with E-state index in [1.54, 1.807) is 12.1 Å². The van der Waals surface area contributed by atoms with Crippen LogP contribution in [0.3, 0.4) is 0 Å². The zero-order valence-electron chi connectivity index (χ0n) is 12.5. The molecule has 0 aliphatic rings. The highest BCUT2D eigenvalue weighted by Crippen LogP contribution is 2.20. The van der Waals surface area contributed by atoms with Gasteiger partial charge in [0.2, 0.25) is 0 Å². The van der Waals surface area contributed by atoms with Crippen LogP contribution in [0.2, 0.25) is 5.02 Å². The molecule has 1 nitrogen and oxygen atoms in total. The third-order valence-electron chi connectivity index (χ3n) is 3.62. The average molecular weight is 306 g/mol. The Hall–Kier alpha value is -1.38. The molecule has 2 aromatic carbocycles.